The van der Waals surface area contributed by atoms with E-state index in [9.17, 15) is 18.3 Å². The number of sulfonamides is 1. The highest BCUT2D eigenvalue weighted by Crippen LogP contribution is 2.34. The van der Waals surface area contributed by atoms with E-state index in [-0.39, 0.29) is 16.6 Å². The fourth-order valence-corrected chi connectivity index (χ4v) is 4.23. The van der Waals surface area contributed by atoms with Crippen molar-refractivity contribution in [3.8, 4) is 22.6 Å². The largest absolute Gasteiger partial charge is 0.508 e. The van der Waals surface area contributed by atoms with Gasteiger partial charge in [0.25, 0.3) is 10.0 Å². The molecule has 0 unspecified atom stereocenters. The summed E-state index contributed by atoms with van der Waals surface area (Å²) >= 11 is 0. The zero-order chi connectivity index (χ0) is 22.9. The molecule has 0 aliphatic heterocycles. The Labute approximate surface area is 183 Å². The molecule has 4 N–H and O–H groups in total. The number of carbonyl (C=O) groups excluding carboxylic acids is 1. The number of methoxy groups -OCH3 is 1. The number of hydrogen-bond donors (Lipinski definition) is 4. The van der Waals surface area contributed by atoms with Gasteiger partial charge in [-0.2, -0.15) is 5.10 Å². The molecule has 4 rings (SSSR count). The van der Waals surface area contributed by atoms with Crippen LogP contribution in [-0.4, -0.2) is 41.7 Å². The van der Waals surface area contributed by atoms with Gasteiger partial charge in [-0.3, -0.25) is 14.6 Å². The Kier molecular flexibility index (Phi) is 5.41. The minimum atomic E-state index is -3.92. The first kappa shape index (κ1) is 21.1. The van der Waals surface area contributed by atoms with Crippen molar-refractivity contribution in [3.63, 3.8) is 0 Å². The number of benzene rings is 2. The van der Waals surface area contributed by atoms with Crippen molar-refractivity contribution in [1.29, 1.82) is 0 Å². The number of anilines is 2. The van der Waals surface area contributed by atoms with E-state index in [1.807, 2.05) is 0 Å². The molecular weight excluding hydrogens is 434 g/mol. The number of fused-ring (bicyclic) bond motifs is 1. The number of carbonyl (C=O) groups is 1. The summed E-state index contributed by atoms with van der Waals surface area (Å²) in [5.74, 6) is 0.588. The molecule has 0 saturated heterocycles. The number of amides is 1. The van der Waals surface area contributed by atoms with Crippen molar-refractivity contribution in [3.05, 3.63) is 54.7 Å². The number of H-pyrrole nitrogens is 1. The van der Waals surface area contributed by atoms with Crippen LogP contribution in [0.5, 0.6) is 11.5 Å². The van der Waals surface area contributed by atoms with Gasteiger partial charge in [0.1, 0.15) is 17.3 Å². The van der Waals surface area contributed by atoms with E-state index in [0.29, 0.717) is 39.4 Å². The van der Waals surface area contributed by atoms with Gasteiger partial charge in [-0.25, -0.2) is 13.4 Å². The maximum absolute atomic E-state index is 12.9. The smallest absolute Gasteiger partial charge is 0.261 e. The minimum Gasteiger partial charge on any atom is -0.508 e. The van der Waals surface area contributed by atoms with Crippen LogP contribution in [0.25, 0.3) is 22.2 Å². The summed E-state index contributed by atoms with van der Waals surface area (Å²) in [4.78, 5) is 15.7. The molecule has 0 aliphatic carbocycles. The third-order valence-corrected chi connectivity index (χ3v) is 6.00. The average molecular weight is 453 g/mol. The molecule has 0 radical (unpaired) electrons. The molecule has 10 nitrogen and oxygen atoms in total. The average Bonchev–Trinajstić information content (AvgIpc) is 3.16. The van der Waals surface area contributed by atoms with E-state index >= 15 is 0 Å². The monoisotopic (exact) mass is 453 g/mol. The first-order valence-electron chi connectivity index (χ1n) is 9.39. The number of nitrogens with one attached hydrogen (secondary N) is 3. The SMILES string of the molecule is COc1ccc(S(=O)(=O)Nc2ccc(O)cc2)cc1-c1cnc2n[nH]c(NC(C)=O)c2c1. The molecule has 0 aliphatic rings. The lowest BCUT2D eigenvalue weighted by Crippen LogP contribution is -2.13. The van der Waals surface area contributed by atoms with Crippen molar-refractivity contribution in [1.82, 2.24) is 15.2 Å². The van der Waals surface area contributed by atoms with Crippen molar-refractivity contribution >= 4 is 38.5 Å². The molecule has 2 aromatic heterocycles. The Bertz CT molecular complexity index is 1410. The molecule has 4 aromatic rings. The van der Waals surface area contributed by atoms with Crippen molar-refractivity contribution < 1.29 is 23.1 Å². The third-order valence-electron chi connectivity index (χ3n) is 4.62. The quantitative estimate of drug-likeness (QED) is 0.328. The number of ether oxygens (including phenoxy) is 1. The molecule has 0 saturated carbocycles. The number of aromatic amines is 1. The van der Waals surface area contributed by atoms with Crippen molar-refractivity contribution in [2.45, 2.75) is 11.8 Å². The molecular formula is C21H19N5O5S. The van der Waals surface area contributed by atoms with Gasteiger partial charge in [0.05, 0.1) is 17.4 Å². The molecule has 11 heteroatoms. The van der Waals surface area contributed by atoms with E-state index in [1.54, 1.807) is 18.3 Å². The predicted molar refractivity (Wildman–Crippen MR) is 119 cm³/mol. The molecule has 32 heavy (non-hydrogen) atoms. The molecule has 0 fully saturated rings. The van der Waals surface area contributed by atoms with Crippen LogP contribution < -0.4 is 14.8 Å². The van der Waals surface area contributed by atoms with Crippen LogP contribution in [0.4, 0.5) is 11.5 Å². The van der Waals surface area contributed by atoms with Crippen molar-refractivity contribution in [2.24, 2.45) is 0 Å². The second-order valence-corrected chi connectivity index (χ2v) is 8.57. The van der Waals surface area contributed by atoms with E-state index in [2.05, 4.69) is 25.2 Å². The minimum absolute atomic E-state index is 0.00995. The molecule has 1 amide bonds. The third kappa shape index (κ3) is 4.18. The Morgan fingerprint density at radius 3 is 2.56 bits per heavy atom. The predicted octanol–water partition coefficient (Wildman–Crippen LogP) is 3.10. The maximum Gasteiger partial charge on any atom is 0.261 e. The lowest BCUT2D eigenvalue weighted by Gasteiger charge is -2.13. The van der Waals surface area contributed by atoms with Gasteiger partial charge < -0.3 is 15.2 Å². The summed E-state index contributed by atoms with van der Waals surface area (Å²) in [6, 6.07) is 11.9. The number of aromatic nitrogens is 3. The highest BCUT2D eigenvalue weighted by Gasteiger charge is 2.19. The summed E-state index contributed by atoms with van der Waals surface area (Å²) < 4.78 is 33.7. The summed E-state index contributed by atoms with van der Waals surface area (Å²) in [5.41, 5.74) is 1.77. The molecule has 0 spiro atoms. The fraction of sp³-hybridized carbons (Fsp3) is 0.0952. The zero-order valence-electron chi connectivity index (χ0n) is 17.1. The first-order chi connectivity index (χ1) is 15.3. The van der Waals surface area contributed by atoms with Gasteiger partial charge >= 0.3 is 0 Å². The lowest BCUT2D eigenvalue weighted by atomic mass is 10.1. The number of pyridine rings is 1. The Balaban J connectivity index is 1.77. The van der Waals surface area contributed by atoms with Crippen LogP contribution in [0.15, 0.2) is 59.6 Å². The van der Waals surface area contributed by atoms with E-state index in [1.165, 1.54) is 50.4 Å². The first-order valence-corrected chi connectivity index (χ1v) is 10.9. The van der Waals surface area contributed by atoms with E-state index < -0.39 is 10.0 Å². The van der Waals surface area contributed by atoms with E-state index in [0.717, 1.165) is 0 Å². The van der Waals surface area contributed by atoms with Gasteiger partial charge in [0.2, 0.25) is 5.91 Å². The zero-order valence-corrected chi connectivity index (χ0v) is 17.9. The number of hydrogen-bond acceptors (Lipinski definition) is 7. The maximum atomic E-state index is 12.9. The summed E-state index contributed by atoms with van der Waals surface area (Å²) in [6.07, 6.45) is 1.54. The molecule has 0 atom stereocenters. The molecule has 0 bridgehead atoms. The summed E-state index contributed by atoms with van der Waals surface area (Å²) in [6.45, 7) is 1.38. The van der Waals surface area contributed by atoms with Crippen LogP contribution in [-0.2, 0) is 14.8 Å². The number of phenols is 1. The van der Waals surface area contributed by atoms with Gasteiger partial charge in [-0.05, 0) is 48.5 Å². The topological polar surface area (TPSA) is 146 Å². The number of rotatable bonds is 6. The normalized spacial score (nSPS) is 11.3. The van der Waals surface area contributed by atoms with Crippen LogP contribution in [0, 0.1) is 0 Å². The highest BCUT2D eigenvalue weighted by atomic mass is 32.2. The van der Waals surface area contributed by atoms with Crippen LogP contribution in [0.3, 0.4) is 0 Å². The van der Waals surface area contributed by atoms with Crippen LogP contribution in [0.1, 0.15) is 6.92 Å². The standard InChI is InChI=1S/C21H19N5O5S/c1-12(27)23-21-18-9-13(11-22-20(18)24-25-21)17-10-16(7-8-19(17)31-2)32(29,30)26-14-3-5-15(28)6-4-14/h3-11,26,28H,1-2H3,(H2,22,23,24,25,27). The van der Waals surface area contributed by atoms with Crippen LogP contribution in [0.2, 0.25) is 0 Å². The van der Waals surface area contributed by atoms with Gasteiger partial charge in [-0.1, -0.05) is 0 Å². The summed E-state index contributed by atoms with van der Waals surface area (Å²) in [7, 11) is -2.44. The highest BCUT2D eigenvalue weighted by molar-refractivity contribution is 7.92. The van der Waals surface area contributed by atoms with Gasteiger partial charge in [-0.15, -0.1) is 0 Å². The van der Waals surface area contributed by atoms with Crippen molar-refractivity contribution in [2.75, 3.05) is 17.1 Å². The van der Waals surface area contributed by atoms with E-state index in [4.69, 9.17) is 4.74 Å². The number of nitrogens with zero attached hydrogens (tertiary/aromatic N) is 2. The number of aromatic hydroxyl groups is 1. The second kappa shape index (κ2) is 8.19. The Morgan fingerprint density at radius 2 is 1.88 bits per heavy atom. The Morgan fingerprint density at radius 1 is 1.12 bits per heavy atom. The van der Waals surface area contributed by atoms with Gasteiger partial charge in [0.15, 0.2) is 5.65 Å². The lowest BCUT2D eigenvalue weighted by molar-refractivity contribution is -0.114. The Hall–Kier alpha value is -4.12. The number of phenolic OH excluding ortho intramolecular Hbond substituents is 1. The molecule has 2 aromatic carbocycles. The summed E-state index contributed by atoms with van der Waals surface area (Å²) in [5, 5.41) is 19.4. The molecule has 2 heterocycles. The van der Waals surface area contributed by atoms with Crippen LogP contribution >= 0.6 is 0 Å². The van der Waals surface area contributed by atoms with Gasteiger partial charge in [0, 0.05) is 29.9 Å². The fourth-order valence-electron chi connectivity index (χ4n) is 3.14. The second-order valence-electron chi connectivity index (χ2n) is 6.89. The molecule has 164 valence electrons.